The predicted octanol–water partition coefficient (Wildman–Crippen LogP) is 1.96. The van der Waals surface area contributed by atoms with E-state index in [4.69, 9.17) is 4.42 Å². The van der Waals surface area contributed by atoms with Crippen LogP contribution in [0.2, 0.25) is 0 Å². The Bertz CT molecular complexity index is 647. The molecule has 0 bridgehead atoms. The molecule has 3 rings (SSSR count). The topological polar surface area (TPSA) is 75.4 Å². The van der Waals surface area contributed by atoms with Crippen molar-refractivity contribution in [2.45, 2.75) is 12.8 Å². The number of amides is 2. The third kappa shape index (κ3) is 3.77. The van der Waals surface area contributed by atoms with Crippen LogP contribution in [0.3, 0.4) is 0 Å². The molecule has 0 spiro atoms. The van der Waals surface area contributed by atoms with Gasteiger partial charge in [0.05, 0.1) is 11.8 Å². The number of furan rings is 1. The van der Waals surface area contributed by atoms with E-state index >= 15 is 0 Å². The van der Waals surface area contributed by atoms with Crippen LogP contribution in [0.15, 0.2) is 47.3 Å². The fourth-order valence-corrected chi connectivity index (χ4v) is 2.73. The van der Waals surface area contributed by atoms with E-state index in [1.807, 2.05) is 0 Å². The van der Waals surface area contributed by atoms with Crippen molar-refractivity contribution in [1.29, 1.82) is 0 Å². The van der Waals surface area contributed by atoms with Gasteiger partial charge in [0.25, 0.3) is 11.8 Å². The Kier molecular flexibility index (Phi) is 4.71. The summed E-state index contributed by atoms with van der Waals surface area (Å²) >= 11 is 0. The summed E-state index contributed by atoms with van der Waals surface area (Å²) in [6.07, 6.45) is 6.45. The van der Waals surface area contributed by atoms with E-state index in [0.29, 0.717) is 36.9 Å². The van der Waals surface area contributed by atoms with Gasteiger partial charge in [-0.3, -0.25) is 14.6 Å². The van der Waals surface area contributed by atoms with E-state index in [1.165, 1.54) is 6.26 Å². The van der Waals surface area contributed by atoms with Gasteiger partial charge in [-0.2, -0.15) is 0 Å². The highest BCUT2D eigenvalue weighted by Gasteiger charge is 2.25. The SMILES string of the molecule is O=C(NCC1CCN(C(=O)c2ccco2)CC1)c1cccnc1. The maximum atomic E-state index is 12.2. The van der Waals surface area contributed by atoms with E-state index in [-0.39, 0.29) is 11.8 Å². The number of aromatic nitrogens is 1. The molecule has 0 saturated carbocycles. The lowest BCUT2D eigenvalue weighted by atomic mass is 9.96. The van der Waals surface area contributed by atoms with Gasteiger partial charge in [-0.05, 0) is 43.0 Å². The second-order valence-corrected chi connectivity index (χ2v) is 5.66. The van der Waals surface area contributed by atoms with Gasteiger partial charge in [-0.25, -0.2) is 0 Å². The molecule has 3 heterocycles. The average Bonchev–Trinajstić information content (AvgIpc) is 3.15. The van der Waals surface area contributed by atoms with Gasteiger partial charge in [0.1, 0.15) is 0 Å². The second-order valence-electron chi connectivity index (χ2n) is 5.66. The van der Waals surface area contributed by atoms with Crippen molar-refractivity contribution in [3.05, 3.63) is 54.2 Å². The number of rotatable bonds is 4. The van der Waals surface area contributed by atoms with Crippen LogP contribution in [0.1, 0.15) is 33.8 Å². The molecule has 0 aliphatic carbocycles. The number of hydrogen-bond acceptors (Lipinski definition) is 4. The number of pyridine rings is 1. The smallest absolute Gasteiger partial charge is 0.289 e. The molecule has 0 aromatic carbocycles. The molecule has 1 aliphatic heterocycles. The predicted molar refractivity (Wildman–Crippen MR) is 83.9 cm³/mol. The Labute approximate surface area is 134 Å². The van der Waals surface area contributed by atoms with Crippen molar-refractivity contribution in [3.8, 4) is 0 Å². The first-order chi connectivity index (χ1) is 11.2. The largest absolute Gasteiger partial charge is 0.459 e. The molecule has 6 nitrogen and oxygen atoms in total. The number of likely N-dealkylation sites (tertiary alicyclic amines) is 1. The van der Waals surface area contributed by atoms with Crippen LogP contribution in [-0.2, 0) is 0 Å². The molecule has 6 heteroatoms. The highest BCUT2D eigenvalue weighted by atomic mass is 16.3. The number of carbonyl (C=O) groups excluding carboxylic acids is 2. The lowest BCUT2D eigenvalue weighted by Gasteiger charge is -2.31. The molecule has 23 heavy (non-hydrogen) atoms. The van der Waals surface area contributed by atoms with Crippen LogP contribution in [0.4, 0.5) is 0 Å². The highest BCUT2D eigenvalue weighted by molar-refractivity contribution is 5.93. The van der Waals surface area contributed by atoms with Crippen molar-refractivity contribution < 1.29 is 14.0 Å². The normalized spacial score (nSPS) is 15.4. The van der Waals surface area contributed by atoms with E-state index < -0.39 is 0 Å². The molecule has 0 unspecified atom stereocenters. The molecule has 120 valence electrons. The van der Waals surface area contributed by atoms with E-state index in [0.717, 1.165) is 12.8 Å². The van der Waals surface area contributed by atoms with Crippen molar-refractivity contribution in [3.63, 3.8) is 0 Å². The number of carbonyl (C=O) groups is 2. The lowest BCUT2D eigenvalue weighted by molar-refractivity contribution is 0.0653. The second kappa shape index (κ2) is 7.09. The maximum absolute atomic E-state index is 12.2. The van der Waals surface area contributed by atoms with Crippen LogP contribution in [0.5, 0.6) is 0 Å². The lowest BCUT2D eigenvalue weighted by Crippen LogP contribution is -2.41. The minimum absolute atomic E-state index is 0.0622. The fourth-order valence-electron chi connectivity index (χ4n) is 2.73. The standard InChI is InChI=1S/C17H19N3O3/c21-16(14-3-1-7-18-12-14)19-11-13-5-8-20(9-6-13)17(22)15-4-2-10-23-15/h1-4,7,10,12-13H,5-6,8-9,11H2,(H,19,21). The summed E-state index contributed by atoms with van der Waals surface area (Å²) < 4.78 is 5.15. The molecular formula is C17H19N3O3. The Hall–Kier alpha value is -2.63. The summed E-state index contributed by atoms with van der Waals surface area (Å²) in [5.41, 5.74) is 0.568. The van der Waals surface area contributed by atoms with Crippen LogP contribution in [0.25, 0.3) is 0 Å². The fraction of sp³-hybridized carbons (Fsp3) is 0.353. The molecule has 1 aliphatic rings. The van der Waals surface area contributed by atoms with Gasteiger partial charge < -0.3 is 14.6 Å². The summed E-state index contributed by atoms with van der Waals surface area (Å²) in [7, 11) is 0. The number of nitrogens with zero attached hydrogens (tertiary/aromatic N) is 2. The zero-order valence-corrected chi connectivity index (χ0v) is 12.8. The molecule has 1 N–H and O–H groups in total. The van der Waals surface area contributed by atoms with Crippen LogP contribution in [-0.4, -0.2) is 41.3 Å². The van der Waals surface area contributed by atoms with Crippen molar-refractivity contribution >= 4 is 11.8 Å². The van der Waals surface area contributed by atoms with Crippen molar-refractivity contribution in [2.24, 2.45) is 5.92 Å². The number of piperidine rings is 1. The van der Waals surface area contributed by atoms with E-state index in [9.17, 15) is 9.59 Å². The van der Waals surface area contributed by atoms with Gasteiger partial charge in [0.2, 0.25) is 0 Å². The van der Waals surface area contributed by atoms with Gasteiger partial charge >= 0.3 is 0 Å². The van der Waals surface area contributed by atoms with E-state index in [2.05, 4.69) is 10.3 Å². The highest BCUT2D eigenvalue weighted by Crippen LogP contribution is 2.18. The first kappa shape index (κ1) is 15.3. The first-order valence-corrected chi connectivity index (χ1v) is 7.75. The summed E-state index contributed by atoms with van der Waals surface area (Å²) in [5.74, 6) is 0.602. The zero-order valence-electron chi connectivity index (χ0n) is 12.8. The molecule has 2 aromatic rings. The molecule has 2 aromatic heterocycles. The summed E-state index contributed by atoms with van der Waals surface area (Å²) in [6.45, 7) is 2.00. The van der Waals surface area contributed by atoms with E-state index in [1.54, 1.807) is 41.6 Å². The zero-order chi connectivity index (χ0) is 16.1. The summed E-state index contributed by atoms with van der Waals surface area (Å²) in [4.78, 5) is 29.9. The Morgan fingerprint density at radius 3 is 2.74 bits per heavy atom. The van der Waals surface area contributed by atoms with Crippen LogP contribution < -0.4 is 5.32 Å². The Morgan fingerprint density at radius 1 is 1.26 bits per heavy atom. The van der Waals surface area contributed by atoms with Crippen LogP contribution >= 0.6 is 0 Å². The molecule has 1 saturated heterocycles. The molecule has 1 fully saturated rings. The Balaban J connectivity index is 1.44. The number of hydrogen-bond donors (Lipinski definition) is 1. The minimum Gasteiger partial charge on any atom is -0.459 e. The maximum Gasteiger partial charge on any atom is 0.289 e. The summed E-state index contributed by atoms with van der Waals surface area (Å²) in [5, 5.41) is 2.94. The number of nitrogens with one attached hydrogen (secondary N) is 1. The third-order valence-electron chi connectivity index (χ3n) is 4.11. The third-order valence-corrected chi connectivity index (χ3v) is 4.11. The monoisotopic (exact) mass is 313 g/mol. The van der Waals surface area contributed by atoms with Crippen molar-refractivity contribution in [1.82, 2.24) is 15.2 Å². The van der Waals surface area contributed by atoms with Gasteiger partial charge in [0, 0.05) is 32.0 Å². The van der Waals surface area contributed by atoms with Gasteiger partial charge in [-0.1, -0.05) is 0 Å². The van der Waals surface area contributed by atoms with Gasteiger partial charge in [0.15, 0.2) is 5.76 Å². The summed E-state index contributed by atoms with van der Waals surface area (Å²) in [6, 6.07) is 6.89. The molecular weight excluding hydrogens is 294 g/mol. The molecule has 0 atom stereocenters. The van der Waals surface area contributed by atoms with Crippen molar-refractivity contribution in [2.75, 3.05) is 19.6 Å². The van der Waals surface area contributed by atoms with Gasteiger partial charge in [-0.15, -0.1) is 0 Å². The minimum atomic E-state index is -0.104. The average molecular weight is 313 g/mol. The Morgan fingerprint density at radius 2 is 2.09 bits per heavy atom. The quantitative estimate of drug-likeness (QED) is 0.936. The first-order valence-electron chi connectivity index (χ1n) is 7.75. The van der Waals surface area contributed by atoms with Crippen LogP contribution in [0, 0.1) is 5.92 Å². The molecule has 2 amide bonds. The molecule has 0 radical (unpaired) electrons.